The molecule has 3 rings (SSSR count). The van der Waals surface area contributed by atoms with E-state index in [1.54, 1.807) is 0 Å². The van der Waals surface area contributed by atoms with Crippen molar-refractivity contribution in [3.63, 3.8) is 0 Å². The number of hydrogen-bond acceptors (Lipinski definition) is 5. The largest absolute Gasteiger partial charge is 0.351 e. The van der Waals surface area contributed by atoms with Gasteiger partial charge in [-0.25, -0.2) is 8.42 Å². The number of sulfone groups is 1. The van der Waals surface area contributed by atoms with E-state index < -0.39 is 14.6 Å². The lowest BCUT2D eigenvalue weighted by Crippen LogP contribution is -2.60. The lowest BCUT2D eigenvalue weighted by atomic mass is 9.94. The van der Waals surface area contributed by atoms with Crippen molar-refractivity contribution in [1.82, 2.24) is 15.5 Å². The number of nitrogens with one attached hydrogen (secondary N) is 2. The Morgan fingerprint density at radius 2 is 1.86 bits per heavy atom. The van der Waals surface area contributed by atoms with Crippen LogP contribution in [0.4, 0.5) is 0 Å². The fraction of sp³-hybridized carbons (Fsp3) is 0.632. The third kappa shape index (κ3) is 5.83. The van der Waals surface area contributed by atoms with Crippen molar-refractivity contribution < 1.29 is 13.2 Å². The summed E-state index contributed by atoms with van der Waals surface area (Å²) in [4.78, 5) is 15.3. The Morgan fingerprint density at radius 1 is 1.21 bits per heavy atom. The summed E-state index contributed by atoms with van der Waals surface area (Å²) in [5, 5.41) is 6.22. The molecule has 1 amide bonds. The topological polar surface area (TPSA) is 78.5 Å². The van der Waals surface area contributed by atoms with Gasteiger partial charge in [-0.3, -0.25) is 9.69 Å². The minimum Gasteiger partial charge on any atom is -0.351 e. The molecule has 2 fully saturated rings. The molecule has 1 atom stereocenters. The minimum atomic E-state index is -3.47. The summed E-state index contributed by atoms with van der Waals surface area (Å²) in [5.74, 6) is -0.312. The van der Waals surface area contributed by atoms with E-state index in [2.05, 4.69) is 27.7 Å². The van der Waals surface area contributed by atoms with Crippen LogP contribution in [0.2, 0.25) is 0 Å². The van der Waals surface area contributed by atoms with Gasteiger partial charge in [-0.2, -0.15) is 0 Å². The van der Waals surface area contributed by atoms with Crippen molar-refractivity contribution in [2.45, 2.75) is 43.0 Å². The maximum Gasteiger partial charge on any atom is 0.241 e. The van der Waals surface area contributed by atoms with E-state index in [0.29, 0.717) is 25.9 Å². The van der Waals surface area contributed by atoms with Crippen LogP contribution >= 0.6 is 24.8 Å². The Labute approximate surface area is 180 Å². The van der Waals surface area contributed by atoms with Crippen molar-refractivity contribution in [3.05, 3.63) is 35.9 Å². The Kier molecular flexibility index (Phi) is 9.70. The highest BCUT2D eigenvalue weighted by Crippen LogP contribution is 2.28. The van der Waals surface area contributed by atoms with Gasteiger partial charge in [0.15, 0.2) is 14.6 Å². The highest BCUT2D eigenvalue weighted by atomic mass is 35.5. The smallest absolute Gasteiger partial charge is 0.241 e. The van der Waals surface area contributed by atoms with Gasteiger partial charge >= 0.3 is 0 Å². The molecule has 0 saturated carbocycles. The van der Waals surface area contributed by atoms with Gasteiger partial charge in [0, 0.05) is 25.4 Å². The molecule has 2 N–H and O–H groups in total. The molecule has 1 aromatic rings. The first-order valence-electron chi connectivity index (χ1n) is 9.38. The molecule has 2 aliphatic heterocycles. The summed E-state index contributed by atoms with van der Waals surface area (Å²) >= 11 is 0. The molecule has 1 unspecified atom stereocenters. The fourth-order valence-electron chi connectivity index (χ4n) is 4.07. The number of likely N-dealkylation sites (tertiary alicyclic amines) is 1. The lowest BCUT2D eigenvalue weighted by molar-refractivity contribution is -0.125. The minimum absolute atomic E-state index is 0. The molecule has 28 heavy (non-hydrogen) atoms. The van der Waals surface area contributed by atoms with Crippen molar-refractivity contribution in [2.75, 3.05) is 32.4 Å². The van der Waals surface area contributed by atoms with E-state index in [4.69, 9.17) is 0 Å². The second-order valence-electron chi connectivity index (χ2n) is 7.55. The van der Waals surface area contributed by atoms with Gasteiger partial charge < -0.3 is 10.6 Å². The average molecular weight is 452 g/mol. The van der Waals surface area contributed by atoms with Crippen LogP contribution in [-0.2, 0) is 21.2 Å². The van der Waals surface area contributed by atoms with E-state index >= 15 is 0 Å². The molecule has 2 heterocycles. The molecule has 2 saturated heterocycles. The van der Waals surface area contributed by atoms with Crippen LogP contribution in [0.5, 0.6) is 0 Å². The summed E-state index contributed by atoms with van der Waals surface area (Å²) in [7, 11) is -3.47. The number of carbonyl (C=O) groups is 1. The van der Waals surface area contributed by atoms with Gasteiger partial charge in [-0.1, -0.05) is 30.3 Å². The predicted molar refractivity (Wildman–Crippen MR) is 117 cm³/mol. The predicted octanol–water partition coefficient (Wildman–Crippen LogP) is 1.78. The number of benzene rings is 1. The summed E-state index contributed by atoms with van der Waals surface area (Å²) in [5.41, 5.74) is 1.26. The van der Waals surface area contributed by atoms with Crippen LogP contribution in [0.3, 0.4) is 0 Å². The van der Waals surface area contributed by atoms with E-state index in [9.17, 15) is 13.2 Å². The Balaban J connectivity index is 0.00000196. The lowest BCUT2D eigenvalue weighted by Gasteiger charge is -2.38. The van der Waals surface area contributed by atoms with Crippen molar-refractivity contribution in [1.29, 1.82) is 0 Å². The second-order valence-corrected chi connectivity index (χ2v) is 9.88. The average Bonchev–Trinajstić information content (AvgIpc) is 2.62. The monoisotopic (exact) mass is 451 g/mol. The van der Waals surface area contributed by atoms with Crippen LogP contribution in [0.1, 0.15) is 31.2 Å². The van der Waals surface area contributed by atoms with E-state index in [0.717, 1.165) is 32.5 Å². The molecule has 0 aromatic heterocycles. The first-order valence-corrected chi connectivity index (χ1v) is 11.3. The number of rotatable bonds is 5. The first-order chi connectivity index (χ1) is 12.4. The Hall–Kier alpha value is -0.860. The highest BCUT2D eigenvalue weighted by molar-refractivity contribution is 7.92. The number of carbonyl (C=O) groups excluding carboxylic acids is 1. The van der Waals surface area contributed by atoms with Crippen molar-refractivity contribution >= 4 is 40.6 Å². The van der Waals surface area contributed by atoms with Crippen LogP contribution in [0.15, 0.2) is 30.3 Å². The second kappa shape index (κ2) is 10.8. The Morgan fingerprint density at radius 3 is 2.46 bits per heavy atom. The number of piperidine rings is 2. The van der Waals surface area contributed by atoms with Crippen LogP contribution in [-0.4, -0.2) is 62.4 Å². The SMILES string of the molecule is CS(=O)(=O)C1(C(=O)NC2CCCN(Cc3ccccc3)C2)CCNCC1.Cl.Cl. The van der Waals surface area contributed by atoms with Gasteiger partial charge in [-0.05, 0) is 50.9 Å². The molecule has 1 aromatic carbocycles. The fourth-order valence-corrected chi connectivity index (χ4v) is 5.41. The van der Waals surface area contributed by atoms with Gasteiger partial charge in [0.1, 0.15) is 0 Å². The number of nitrogens with zero attached hydrogens (tertiary/aromatic N) is 1. The highest BCUT2D eigenvalue weighted by Gasteiger charge is 2.49. The molecule has 0 aliphatic carbocycles. The molecule has 160 valence electrons. The summed E-state index contributed by atoms with van der Waals surface area (Å²) in [6.07, 6.45) is 3.79. The van der Waals surface area contributed by atoms with Gasteiger partial charge in [-0.15, -0.1) is 24.8 Å². The molecule has 0 radical (unpaired) electrons. The number of amides is 1. The van der Waals surface area contributed by atoms with Crippen LogP contribution < -0.4 is 10.6 Å². The van der Waals surface area contributed by atoms with Crippen LogP contribution in [0.25, 0.3) is 0 Å². The third-order valence-electron chi connectivity index (χ3n) is 5.62. The molecule has 0 bridgehead atoms. The number of halogens is 2. The summed E-state index contributed by atoms with van der Waals surface area (Å²) in [6.45, 7) is 3.74. The quantitative estimate of drug-likeness (QED) is 0.712. The molecule has 2 aliphatic rings. The van der Waals surface area contributed by atoms with E-state index in [1.165, 1.54) is 11.8 Å². The molecule has 0 spiro atoms. The standard InChI is InChI=1S/C19H29N3O3S.2ClH/c1-26(24,25)19(9-11-20-12-10-19)18(23)21-17-8-5-13-22(15-17)14-16-6-3-2-4-7-16;;/h2-4,6-7,17,20H,5,8-15H2,1H3,(H,21,23);2*1H. The van der Waals surface area contributed by atoms with Gasteiger partial charge in [0.2, 0.25) is 5.91 Å². The van der Waals surface area contributed by atoms with Gasteiger partial charge in [0.25, 0.3) is 0 Å². The molecule has 6 nitrogen and oxygen atoms in total. The van der Waals surface area contributed by atoms with Crippen molar-refractivity contribution in [2.24, 2.45) is 0 Å². The first kappa shape index (κ1) is 25.2. The van der Waals surface area contributed by atoms with Crippen LogP contribution in [0, 0.1) is 0 Å². The molecular formula is C19H31Cl2N3O3S. The zero-order valence-electron chi connectivity index (χ0n) is 16.2. The normalized spacial score (nSPS) is 22.4. The zero-order chi connectivity index (χ0) is 18.6. The van der Waals surface area contributed by atoms with Gasteiger partial charge in [0.05, 0.1) is 0 Å². The summed E-state index contributed by atoms with van der Waals surface area (Å²) < 4.78 is 23.5. The summed E-state index contributed by atoms with van der Waals surface area (Å²) in [6, 6.07) is 10.3. The van der Waals surface area contributed by atoms with Crippen molar-refractivity contribution in [3.8, 4) is 0 Å². The van der Waals surface area contributed by atoms with E-state index in [1.807, 2.05) is 18.2 Å². The zero-order valence-corrected chi connectivity index (χ0v) is 18.7. The maximum atomic E-state index is 13.0. The third-order valence-corrected chi connectivity index (χ3v) is 7.64. The number of hydrogen-bond donors (Lipinski definition) is 2. The molecular weight excluding hydrogens is 421 g/mol. The molecule has 9 heteroatoms. The Bertz CT molecular complexity index is 725. The van der Waals surface area contributed by atoms with E-state index in [-0.39, 0.29) is 36.8 Å². The maximum absolute atomic E-state index is 13.0.